The fourth-order valence-electron chi connectivity index (χ4n) is 2.19. The summed E-state index contributed by atoms with van der Waals surface area (Å²) >= 11 is 0. The number of anilines is 1. The predicted molar refractivity (Wildman–Crippen MR) is 74.8 cm³/mol. The maximum atomic E-state index is 10.5. The van der Waals surface area contributed by atoms with Gasteiger partial charge in [-0.3, -0.25) is 4.98 Å². The van der Waals surface area contributed by atoms with Crippen molar-refractivity contribution in [3.8, 4) is 0 Å². The quantitative estimate of drug-likeness (QED) is 0.782. The lowest BCUT2D eigenvalue weighted by Gasteiger charge is -2.28. The van der Waals surface area contributed by atoms with Gasteiger partial charge in [0.2, 0.25) is 0 Å². The first-order chi connectivity index (χ1) is 8.50. The Morgan fingerprint density at radius 3 is 2.39 bits per heavy atom. The van der Waals surface area contributed by atoms with Crippen LogP contribution in [0.2, 0.25) is 0 Å². The summed E-state index contributed by atoms with van der Waals surface area (Å²) in [6, 6.07) is 0. The average molecular weight is 251 g/mol. The Balaban J connectivity index is 2.69. The molecule has 2 N–H and O–H groups in total. The molecule has 0 aliphatic carbocycles. The molecule has 0 saturated heterocycles. The fourth-order valence-corrected chi connectivity index (χ4v) is 2.19. The van der Waals surface area contributed by atoms with Crippen LogP contribution in [-0.4, -0.2) is 27.2 Å². The molecular weight excluding hydrogens is 226 g/mol. The van der Waals surface area contributed by atoms with E-state index in [0.717, 1.165) is 42.9 Å². The molecule has 0 fully saturated rings. The highest BCUT2D eigenvalue weighted by molar-refractivity contribution is 5.39. The van der Waals surface area contributed by atoms with Gasteiger partial charge in [0.15, 0.2) is 0 Å². The van der Waals surface area contributed by atoms with Crippen molar-refractivity contribution in [2.45, 2.75) is 59.0 Å². The second-order valence-electron chi connectivity index (χ2n) is 5.02. The van der Waals surface area contributed by atoms with E-state index in [-0.39, 0.29) is 0 Å². The lowest BCUT2D eigenvalue weighted by atomic mass is 9.92. The number of aromatic nitrogens is 2. The van der Waals surface area contributed by atoms with Crippen LogP contribution in [0.5, 0.6) is 0 Å². The smallest absolute Gasteiger partial charge is 0.147 e. The van der Waals surface area contributed by atoms with Crippen molar-refractivity contribution in [3.05, 3.63) is 17.6 Å². The van der Waals surface area contributed by atoms with Crippen molar-refractivity contribution in [1.29, 1.82) is 0 Å². The molecule has 0 aliphatic rings. The first-order valence-electron chi connectivity index (χ1n) is 6.77. The SMILES string of the molecule is CCCC(O)(CCC)CNc1nc(C)cnc1C. The number of hydrogen-bond acceptors (Lipinski definition) is 4. The zero-order chi connectivity index (χ0) is 13.6. The van der Waals surface area contributed by atoms with Crippen molar-refractivity contribution >= 4 is 5.82 Å². The molecule has 1 rings (SSSR count). The third kappa shape index (κ3) is 4.26. The summed E-state index contributed by atoms with van der Waals surface area (Å²) < 4.78 is 0. The Kier molecular flexibility index (Phi) is 5.54. The van der Waals surface area contributed by atoms with Crippen LogP contribution in [0.3, 0.4) is 0 Å². The van der Waals surface area contributed by atoms with Gasteiger partial charge < -0.3 is 10.4 Å². The topological polar surface area (TPSA) is 58.0 Å². The Morgan fingerprint density at radius 1 is 1.22 bits per heavy atom. The molecule has 0 amide bonds. The lowest BCUT2D eigenvalue weighted by Crippen LogP contribution is -2.37. The summed E-state index contributed by atoms with van der Waals surface area (Å²) in [6.45, 7) is 8.57. The maximum absolute atomic E-state index is 10.5. The second-order valence-corrected chi connectivity index (χ2v) is 5.02. The molecule has 0 radical (unpaired) electrons. The normalized spacial score (nSPS) is 11.6. The number of hydrogen-bond donors (Lipinski definition) is 2. The molecule has 102 valence electrons. The number of rotatable bonds is 7. The van der Waals surface area contributed by atoms with Crippen LogP contribution in [0, 0.1) is 13.8 Å². The van der Waals surface area contributed by atoms with Crippen LogP contribution in [0.4, 0.5) is 5.82 Å². The Morgan fingerprint density at radius 2 is 1.83 bits per heavy atom. The number of aryl methyl sites for hydroxylation is 2. The number of nitrogens with zero attached hydrogens (tertiary/aromatic N) is 2. The van der Waals surface area contributed by atoms with E-state index in [1.807, 2.05) is 13.8 Å². The van der Waals surface area contributed by atoms with Gasteiger partial charge in [-0.15, -0.1) is 0 Å². The second kappa shape index (κ2) is 6.69. The summed E-state index contributed by atoms with van der Waals surface area (Å²) in [4.78, 5) is 8.68. The Bertz CT molecular complexity index is 373. The predicted octanol–water partition coefficient (Wildman–Crippen LogP) is 2.84. The minimum Gasteiger partial charge on any atom is -0.388 e. The van der Waals surface area contributed by atoms with Gasteiger partial charge in [-0.25, -0.2) is 4.98 Å². The van der Waals surface area contributed by atoms with Crippen LogP contribution in [0.25, 0.3) is 0 Å². The molecule has 0 aliphatic heterocycles. The Labute approximate surface area is 110 Å². The van der Waals surface area contributed by atoms with Gasteiger partial charge in [0.25, 0.3) is 0 Å². The van der Waals surface area contributed by atoms with Gasteiger partial charge in [-0.2, -0.15) is 0 Å². The molecule has 4 nitrogen and oxygen atoms in total. The van der Waals surface area contributed by atoms with E-state index in [9.17, 15) is 5.11 Å². The first kappa shape index (κ1) is 14.9. The maximum Gasteiger partial charge on any atom is 0.147 e. The highest BCUT2D eigenvalue weighted by Gasteiger charge is 2.24. The molecule has 0 spiro atoms. The summed E-state index contributed by atoms with van der Waals surface area (Å²) in [7, 11) is 0. The molecule has 0 unspecified atom stereocenters. The van der Waals surface area contributed by atoms with Crippen LogP contribution in [0.15, 0.2) is 6.20 Å². The van der Waals surface area contributed by atoms with Crippen molar-refractivity contribution in [3.63, 3.8) is 0 Å². The van der Waals surface area contributed by atoms with E-state index in [1.165, 1.54) is 0 Å². The molecule has 0 bridgehead atoms. The zero-order valence-electron chi connectivity index (χ0n) is 12.0. The van der Waals surface area contributed by atoms with Gasteiger partial charge >= 0.3 is 0 Å². The van der Waals surface area contributed by atoms with E-state index < -0.39 is 5.60 Å². The monoisotopic (exact) mass is 251 g/mol. The molecule has 1 aromatic rings. The average Bonchev–Trinajstić information content (AvgIpc) is 2.31. The van der Waals surface area contributed by atoms with Crippen LogP contribution < -0.4 is 5.32 Å². The van der Waals surface area contributed by atoms with Gasteiger partial charge in [0, 0.05) is 12.7 Å². The van der Waals surface area contributed by atoms with Crippen molar-refractivity contribution in [2.75, 3.05) is 11.9 Å². The summed E-state index contributed by atoms with van der Waals surface area (Å²) in [5, 5.41) is 13.8. The highest BCUT2D eigenvalue weighted by Crippen LogP contribution is 2.20. The minimum atomic E-state index is -0.638. The number of aliphatic hydroxyl groups is 1. The fraction of sp³-hybridized carbons (Fsp3) is 0.714. The Hall–Kier alpha value is -1.16. The molecule has 0 aromatic carbocycles. The van der Waals surface area contributed by atoms with Gasteiger partial charge in [0.1, 0.15) is 5.82 Å². The van der Waals surface area contributed by atoms with Crippen molar-refractivity contribution in [1.82, 2.24) is 9.97 Å². The van der Waals surface area contributed by atoms with E-state index >= 15 is 0 Å². The standard InChI is InChI=1S/C14H25N3O/c1-5-7-14(18,8-6-2)10-16-13-12(4)15-9-11(3)17-13/h9,18H,5-8,10H2,1-4H3,(H,16,17). The zero-order valence-corrected chi connectivity index (χ0v) is 12.0. The minimum absolute atomic E-state index is 0.535. The summed E-state index contributed by atoms with van der Waals surface area (Å²) in [5.41, 5.74) is 1.12. The van der Waals surface area contributed by atoms with Crippen molar-refractivity contribution in [2.24, 2.45) is 0 Å². The third-order valence-corrected chi connectivity index (χ3v) is 3.09. The molecule has 0 saturated carbocycles. The third-order valence-electron chi connectivity index (χ3n) is 3.09. The lowest BCUT2D eigenvalue weighted by molar-refractivity contribution is 0.0343. The number of nitrogens with one attached hydrogen (secondary N) is 1. The van der Waals surface area contributed by atoms with Gasteiger partial charge in [-0.1, -0.05) is 26.7 Å². The molecular formula is C14H25N3O. The van der Waals surface area contributed by atoms with Gasteiger partial charge in [-0.05, 0) is 26.7 Å². The molecule has 0 atom stereocenters. The van der Waals surface area contributed by atoms with E-state index in [1.54, 1.807) is 6.20 Å². The van der Waals surface area contributed by atoms with Crippen LogP contribution >= 0.6 is 0 Å². The van der Waals surface area contributed by atoms with Gasteiger partial charge in [0.05, 0.1) is 17.0 Å². The molecule has 4 heteroatoms. The van der Waals surface area contributed by atoms with E-state index in [2.05, 4.69) is 29.1 Å². The molecule has 1 heterocycles. The molecule has 1 aromatic heterocycles. The first-order valence-corrected chi connectivity index (χ1v) is 6.77. The summed E-state index contributed by atoms with van der Waals surface area (Å²) in [6.07, 6.45) is 5.34. The highest BCUT2D eigenvalue weighted by atomic mass is 16.3. The largest absolute Gasteiger partial charge is 0.388 e. The van der Waals surface area contributed by atoms with E-state index in [4.69, 9.17) is 0 Å². The van der Waals surface area contributed by atoms with Crippen LogP contribution in [-0.2, 0) is 0 Å². The molecule has 18 heavy (non-hydrogen) atoms. The summed E-state index contributed by atoms with van der Waals surface area (Å²) in [5.74, 6) is 0.778. The van der Waals surface area contributed by atoms with Crippen LogP contribution in [0.1, 0.15) is 50.9 Å². The van der Waals surface area contributed by atoms with E-state index in [0.29, 0.717) is 6.54 Å². The van der Waals surface area contributed by atoms with Crippen molar-refractivity contribution < 1.29 is 5.11 Å².